The number of halogens is 1. The average Bonchev–Trinajstić information content (AvgIpc) is 2.26. The molecule has 1 rings (SSSR count). The van der Waals surface area contributed by atoms with Gasteiger partial charge in [-0.05, 0) is 51.5 Å². The highest BCUT2D eigenvalue weighted by atomic mass is 19.1. The van der Waals surface area contributed by atoms with Crippen molar-refractivity contribution in [3.63, 3.8) is 0 Å². The number of benzene rings is 1. The van der Waals surface area contributed by atoms with Crippen LogP contribution in [0, 0.1) is 12.7 Å². The number of nitrogens with two attached hydrogens (primary N) is 1. The molecule has 3 N–H and O–H groups in total. The van der Waals surface area contributed by atoms with E-state index in [-0.39, 0.29) is 18.5 Å². The summed E-state index contributed by atoms with van der Waals surface area (Å²) in [5, 5.41) is 3.08. The third kappa shape index (κ3) is 4.21. The van der Waals surface area contributed by atoms with Gasteiger partial charge < -0.3 is 10.5 Å². The minimum absolute atomic E-state index is 0.0903. The standard InChI is InChI=1S/C14H21FN2O2/c1-9(2)17-14(4,13(16)18)8-19-12-6-5-11(15)7-10(12)3/h5-7,9,17H,8H2,1-4H3,(H2,16,18). The second-order valence-electron chi connectivity index (χ2n) is 5.19. The maximum atomic E-state index is 13.0. The summed E-state index contributed by atoms with van der Waals surface area (Å²) in [6.45, 7) is 7.37. The summed E-state index contributed by atoms with van der Waals surface area (Å²) in [6, 6.07) is 4.34. The maximum absolute atomic E-state index is 13.0. The zero-order valence-electron chi connectivity index (χ0n) is 11.8. The van der Waals surface area contributed by atoms with Crippen LogP contribution in [-0.4, -0.2) is 24.1 Å². The number of ether oxygens (including phenoxy) is 1. The van der Waals surface area contributed by atoms with Crippen molar-refractivity contribution in [2.24, 2.45) is 5.73 Å². The molecule has 0 fully saturated rings. The van der Waals surface area contributed by atoms with Crippen LogP contribution in [0.5, 0.6) is 5.75 Å². The lowest BCUT2D eigenvalue weighted by Crippen LogP contribution is -2.59. The number of hydrogen-bond acceptors (Lipinski definition) is 3. The Morgan fingerprint density at radius 2 is 2.16 bits per heavy atom. The second-order valence-corrected chi connectivity index (χ2v) is 5.19. The molecule has 0 aliphatic carbocycles. The molecule has 1 aromatic rings. The fourth-order valence-electron chi connectivity index (χ4n) is 1.82. The van der Waals surface area contributed by atoms with Crippen LogP contribution in [-0.2, 0) is 4.79 Å². The summed E-state index contributed by atoms with van der Waals surface area (Å²) >= 11 is 0. The highest BCUT2D eigenvalue weighted by molar-refractivity contribution is 5.84. The molecule has 106 valence electrons. The molecule has 1 unspecified atom stereocenters. The maximum Gasteiger partial charge on any atom is 0.240 e. The van der Waals surface area contributed by atoms with E-state index >= 15 is 0 Å². The number of carbonyl (C=O) groups excluding carboxylic acids is 1. The van der Waals surface area contributed by atoms with E-state index < -0.39 is 11.4 Å². The molecule has 1 atom stereocenters. The fourth-order valence-corrected chi connectivity index (χ4v) is 1.82. The van der Waals surface area contributed by atoms with Gasteiger partial charge in [0.25, 0.3) is 0 Å². The lowest BCUT2D eigenvalue weighted by Gasteiger charge is -2.29. The molecule has 0 spiro atoms. The number of aryl methyl sites for hydroxylation is 1. The summed E-state index contributed by atoms with van der Waals surface area (Å²) in [6.07, 6.45) is 0. The van der Waals surface area contributed by atoms with Gasteiger partial charge in [-0.2, -0.15) is 0 Å². The van der Waals surface area contributed by atoms with Crippen molar-refractivity contribution in [1.82, 2.24) is 5.32 Å². The molecule has 0 aliphatic rings. The molecule has 0 radical (unpaired) electrons. The van der Waals surface area contributed by atoms with Gasteiger partial charge in [-0.15, -0.1) is 0 Å². The smallest absolute Gasteiger partial charge is 0.240 e. The van der Waals surface area contributed by atoms with Crippen LogP contribution in [0.3, 0.4) is 0 Å². The molecular formula is C14H21FN2O2. The first kappa shape index (κ1) is 15.4. The molecule has 0 saturated heterocycles. The van der Waals surface area contributed by atoms with Gasteiger partial charge in [0.05, 0.1) is 0 Å². The van der Waals surface area contributed by atoms with Crippen molar-refractivity contribution in [3.8, 4) is 5.75 Å². The minimum atomic E-state index is -0.963. The quantitative estimate of drug-likeness (QED) is 0.826. The van der Waals surface area contributed by atoms with Gasteiger partial charge in [0.15, 0.2) is 0 Å². The molecule has 5 heteroatoms. The van der Waals surface area contributed by atoms with Crippen molar-refractivity contribution < 1.29 is 13.9 Å². The van der Waals surface area contributed by atoms with Crippen LogP contribution in [0.25, 0.3) is 0 Å². The molecule has 0 bridgehead atoms. The zero-order chi connectivity index (χ0) is 14.6. The summed E-state index contributed by atoms with van der Waals surface area (Å²) < 4.78 is 18.6. The Balaban J connectivity index is 2.79. The van der Waals surface area contributed by atoms with Crippen molar-refractivity contribution in [2.75, 3.05) is 6.61 Å². The van der Waals surface area contributed by atoms with Crippen molar-refractivity contribution in [2.45, 2.75) is 39.3 Å². The average molecular weight is 268 g/mol. The third-order valence-electron chi connectivity index (χ3n) is 2.80. The van der Waals surface area contributed by atoms with Crippen LogP contribution < -0.4 is 15.8 Å². The van der Waals surface area contributed by atoms with Gasteiger partial charge in [0, 0.05) is 6.04 Å². The van der Waals surface area contributed by atoms with E-state index in [1.807, 2.05) is 13.8 Å². The molecule has 4 nitrogen and oxygen atoms in total. The molecule has 0 aromatic heterocycles. The SMILES string of the molecule is Cc1cc(F)ccc1OCC(C)(NC(C)C)C(N)=O. The topological polar surface area (TPSA) is 64.3 Å². The van der Waals surface area contributed by atoms with E-state index in [1.165, 1.54) is 12.1 Å². The Labute approximate surface area is 113 Å². The molecule has 0 heterocycles. The van der Waals surface area contributed by atoms with Gasteiger partial charge in [-0.3, -0.25) is 10.1 Å². The van der Waals surface area contributed by atoms with E-state index in [9.17, 15) is 9.18 Å². The highest BCUT2D eigenvalue weighted by Gasteiger charge is 2.32. The Kier molecular flexibility index (Phi) is 4.89. The first-order valence-corrected chi connectivity index (χ1v) is 6.21. The third-order valence-corrected chi connectivity index (χ3v) is 2.80. The fraction of sp³-hybridized carbons (Fsp3) is 0.500. The monoisotopic (exact) mass is 268 g/mol. The van der Waals surface area contributed by atoms with Crippen LogP contribution in [0.15, 0.2) is 18.2 Å². The normalized spacial score (nSPS) is 14.2. The lowest BCUT2D eigenvalue weighted by atomic mass is 10.0. The predicted molar refractivity (Wildman–Crippen MR) is 72.5 cm³/mol. The first-order chi connectivity index (χ1) is 8.74. The number of hydrogen-bond donors (Lipinski definition) is 2. The van der Waals surface area contributed by atoms with Gasteiger partial charge in [-0.25, -0.2) is 4.39 Å². The highest BCUT2D eigenvalue weighted by Crippen LogP contribution is 2.20. The van der Waals surface area contributed by atoms with Crippen LogP contribution in [0.2, 0.25) is 0 Å². The van der Waals surface area contributed by atoms with E-state index in [4.69, 9.17) is 10.5 Å². The number of carbonyl (C=O) groups is 1. The molecule has 0 saturated carbocycles. The summed E-state index contributed by atoms with van der Waals surface area (Å²) in [4.78, 5) is 11.5. The number of rotatable bonds is 6. The predicted octanol–water partition coefficient (Wildman–Crippen LogP) is 1.75. The molecular weight excluding hydrogens is 247 g/mol. The van der Waals surface area contributed by atoms with Crippen LogP contribution >= 0.6 is 0 Å². The molecule has 0 aliphatic heterocycles. The minimum Gasteiger partial charge on any atom is -0.491 e. The van der Waals surface area contributed by atoms with Crippen LogP contribution in [0.1, 0.15) is 26.3 Å². The molecule has 1 amide bonds. The van der Waals surface area contributed by atoms with E-state index in [0.717, 1.165) is 0 Å². The summed E-state index contributed by atoms with van der Waals surface area (Å²) in [5.41, 5.74) is 5.12. The number of nitrogens with one attached hydrogen (secondary N) is 1. The van der Waals surface area contributed by atoms with E-state index in [0.29, 0.717) is 11.3 Å². The van der Waals surface area contributed by atoms with E-state index in [1.54, 1.807) is 19.9 Å². The number of amides is 1. The summed E-state index contributed by atoms with van der Waals surface area (Å²) in [7, 11) is 0. The molecule has 1 aromatic carbocycles. The van der Waals surface area contributed by atoms with E-state index in [2.05, 4.69) is 5.32 Å². The van der Waals surface area contributed by atoms with Crippen molar-refractivity contribution in [3.05, 3.63) is 29.6 Å². The second kappa shape index (κ2) is 6.02. The summed E-state index contributed by atoms with van der Waals surface area (Å²) in [5.74, 6) is -0.261. The van der Waals surface area contributed by atoms with Gasteiger partial charge in [0.1, 0.15) is 23.7 Å². The Morgan fingerprint density at radius 1 is 1.53 bits per heavy atom. The largest absolute Gasteiger partial charge is 0.491 e. The Bertz CT molecular complexity index is 463. The Morgan fingerprint density at radius 3 is 2.63 bits per heavy atom. The van der Waals surface area contributed by atoms with Gasteiger partial charge in [-0.1, -0.05) is 0 Å². The first-order valence-electron chi connectivity index (χ1n) is 6.21. The molecule has 19 heavy (non-hydrogen) atoms. The number of primary amides is 1. The van der Waals surface area contributed by atoms with Crippen LogP contribution in [0.4, 0.5) is 4.39 Å². The lowest BCUT2D eigenvalue weighted by molar-refractivity contribution is -0.125. The van der Waals surface area contributed by atoms with Crippen molar-refractivity contribution >= 4 is 5.91 Å². The van der Waals surface area contributed by atoms with Gasteiger partial charge in [0.2, 0.25) is 5.91 Å². The Hall–Kier alpha value is -1.62. The van der Waals surface area contributed by atoms with Gasteiger partial charge >= 0.3 is 0 Å². The zero-order valence-corrected chi connectivity index (χ0v) is 11.8. The van der Waals surface area contributed by atoms with Crippen molar-refractivity contribution in [1.29, 1.82) is 0 Å².